The minimum absolute atomic E-state index is 0.107. The van der Waals surface area contributed by atoms with Gasteiger partial charge in [-0.15, -0.1) is 0 Å². The number of methoxy groups -OCH3 is 1. The SMILES string of the molecule is COc1ccccc1C(C)=CC(=O)N(CC(=O)O)C1CCOCC1. The highest BCUT2D eigenvalue weighted by atomic mass is 16.5. The summed E-state index contributed by atoms with van der Waals surface area (Å²) in [6.45, 7) is 2.60. The van der Waals surface area contributed by atoms with Crippen molar-refractivity contribution in [1.82, 2.24) is 4.90 Å². The molecule has 0 radical (unpaired) electrons. The monoisotopic (exact) mass is 333 g/mol. The molecule has 0 saturated carbocycles. The number of allylic oxidation sites excluding steroid dienone is 1. The van der Waals surface area contributed by atoms with E-state index >= 15 is 0 Å². The Hall–Kier alpha value is -2.34. The maximum absolute atomic E-state index is 12.7. The average Bonchev–Trinajstić information content (AvgIpc) is 2.60. The molecule has 1 amide bonds. The number of ether oxygens (including phenoxy) is 2. The molecule has 1 fully saturated rings. The van der Waals surface area contributed by atoms with Crippen molar-refractivity contribution in [2.75, 3.05) is 26.9 Å². The highest BCUT2D eigenvalue weighted by Gasteiger charge is 2.26. The van der Waals surface area contributed by atoms with Gasteiger partial charge in [-0.2, -0.15) is 0 Å². The molecule has 1 saturated heterocycles. The first-order valence-electron chi connectivity index (χ1n) is 7.94. The van der Waals surface area contributed by atoms with Gasteiger partial charge < -0.3 is 19.5 Å². The number of carbonyl (C=O) groups excluding carboxylic acids is 1. The summed E-state index contributed by atoms with van der Waals surface area (Å²) in [5.74, 6) is -0.638. The molecule has 130 valence electrons. The molecule has 1 N–H and O–H groups in total. The smallest absolute Gasteiger partial charge is 0.323 e. The molecule has 6 nitrogen and oxygen atoms in total. The van der Waals surface area contributed by atoms with Crippen molar-refractivity contribution < 1.29 is 24.2 Å². The fourth-order valence-electron chi connectivity index (χ4n) is 2.85. The van der Waals surface area contributed by atoms with E-state index in [2.05, 4.69) is 0 Å². The third-order valence-corrected chi connectivity index (χ3v) is 4.09. The van der Waals surface area contributed by atoms with E-state index in [0.29, 0.717) is 31.8 Å². The van der Waals surface area contributed by atoms with Gasteiger partial charge in [0.25, 0.3) is 0 Å². The molecule has 6 heteroatoms. The molecule has 0 spiro atoms. The predicted molar refractivity (Wildman–Crippen MR) is 89.8 cm³/mol. The molecular weight excluding hydrogens is 310 g/mol. The molecule has 1 aliphatic heterocycles. The predicted octanol–water partition coefficient (Wildman–Crippen LogP) is 2.19. The first-order chi connectivity index (χ1) is 11.5. The number of rotatable bonds is 6. The van der Waals surface area contributed by atoms with Gasteiger partial charge in [0.1, 0.15) is 12.3 Å². The maximum atomic E-state index is 12.7. The van der Waals surface area contributed by atoms with Crippen LogP contribution >= 0.6 is 0 Å². The minimum Gasteiger partial charge on any atom is -0.496 e. The van der Waals surface area contributed by atoms with Crippen LogP contribution in [-0.2, 0) is 14.3 Å². The van der Waals surface area contributed by atoms with E-state index < -0.39 is 5.97 Å². The quantitative estimate of drug-likeness (QED) is 0.808. The Kier molecular flexibility index (Phi) is 6.37. The van der Waals surface area contributed by atoms with Crippen molar-refractivity contribution in [2.24, 2.45) is 0 Å². The van der Waals surface area contributed by atoms with Gasteiger partial charge >= 0.3 is 5.97 Å². The largest absolute Gasteiger partial charge is 0.496 e. The molecule has 0 aromatic heterocycles. The van der Waals surface area contributed by atoms with Crippen molar-refractivity contribution in [2.45, 2.75) is 25.8 Å². The topological polar surface area (TPSA) is 76.1 Å². The van der Waals surface area contributed by atoms with Crippen molar-refractivity contribution in [3.05, 3.63) is 35.9 Å². The van der Waals surface area contributed by atoms with Crippen LogP contribution in [0.1, 0.15) is 25.3 Å². The summed E-state index contributed by atoms with van der Waals surface area (Å²) in [4.78, 5) is 25.2. The molecule has 1 aromatic rings. The Bertz CT molecular complexity index is 620. The second kappa shape index (κ2) is 8.49. The minimum atomic E-state index is -1.02. The summed E-state index contributed by atoms with van der Waals surface area (Å²) in [5.41, 5.74) is 1.55. The van der Waals surface area contributed by atoms with Crippen LogP contribution in [0.4, 0.5) is 0 Å². The third-order valence-electron chi connectivity index (χ3n) is 4.09. The van der Waals surface area contributed by atoms with E-state index in [9.17, 15) is 9.59 Å². The Morgan fingerprint density at radius 3 is 2.62 bits per heavy atom. The van der Waals surface area contributed by atoms with Gasteiger partial charge in [-0.25, -0.2) is 0 Å². The van der Waals surface area contributed by atoms with Gasteiger partial charge in [-0.05, 0) is 31.4 Å². The highest BCUT2D eigenvalue weighted by Crippen LogP contribution is 2.25. The van der Waals surface area contributed by atoms with E-state index in [1.54, 1.807) is 7.11 Å². The number of nitrogens with zero attached hydrogens (tertiary/aromatic N) is 1. The van der Waals surface area contributed by atoms with Crippen molar-refractivity contribution in [1.29, 1.82) is 0 Å². The van der Waals surface area contributed by atoms with Crippen LogP contribution in [0.5, 0.6) is 5.75 Å². The highest BCUT2D eigenvalue weighted by molar-refractivity contribution is 5.97. The van der Waals surface area contributed by atoms with Crippen LogP contribution in [0.3, 0.4) is 0 Å². The fourth-order valence-corrected chi connectivity index (χ4v) is 2.85. The first kappa shape index (κ1) is 18.0. The molecule has 1 heterocycles. The molecule has 0 aliphatic carbocycles. The molecule has 2 rings (SSSR count). The molecule has 0 bridgehead atoms. The molecule has 1 aliphatic rings. The summed E-state index contributed by atoms with van der Waals surface area (Å²) in [5, 5.41) is 9.13. The number of carboxylic acids is 1. The van der Waals surface area contributed by atoms with Gasteiger partial charge in [0, 0.05) is 30.9 Å². The molecule has 0 atom stereocenters. The number of benzene rings is 1. The fraction of sp³-hybridized carbons (Fsp3) is 0.444. The lowest BCUT2D eigenvalue weighted by Crippen LogP contribution is -2.45. The van der Waals surface area contributed by atoms with Crippen molar-refractivity contribution in [3.63, 3.8) is 0 Å². The molecule has 24 heavy (non-hydrogen) atoms. The van der Waals surface area contributed by atoms with Crippen LogP contribution in [0, 0.1) is 0 Å². The zero-order valence-electron chi connectivity index (χ0n) is 14.0. The Labute approximate surface area is 141 Å². The van der Waals surface area contributed by atoms with Gasteiger partial charge in [-0.3, -0.25) is 9.59 Å². The van der Waals surface area contributed by atoms with Gasteiger partial charge in [0.2, 0.25) is 5.91 Å². The summed E-state index contributed by atoms with van der Waals surface area (Å²) in [6, 6.07) is 7.31. The van der Waals surface area contributed by atoms with Crippen LogP contribution in [-0.4, -0.2) is 54.8 Å². The zero-order valence-corrected chi connectivity index (χ0v) is 14.0. The first-order valence-corrected chi connectivity index (χ1v) is 7.94. The van der Waals surface area contributed by atoms with E-state index in [1.807, 2.05) is 31.2 Å². The average molecular weight is 333 g/mol. The van der Waals surface area contributed by atoms with Crippen molar-refractivity contribution in [3.8, 4) is 5.75 Å². The lowest BCUT2D eigenvalue weighted by atomic mass is 10.0. The summed E-state index contributed by atoms with van der Waals surface area (Å²) in [7, 11) is 1.58. The Morgan fingerprint density at radius 2 is 2.00 bits per heavy atom. The Balaban J connectivity index is 2.23. The maximum Gasteiger partial charge on any atom is 0.323 e. The van der Waals surface area contributed by atoms with E-state index in [-0.39, 0.29) is 18.5 Å². The summed E-state index contributed by atoms with van der Waals surface area (Å²) < 4.78 is 10.6. The van der Waals surface area contributed by atoms with E-state index in [1.165, 1.54) is 11.0 Å². The normalized spacial score (nSPS) is 15.8. The molecule has 1 aromatic carbocycles. The van der Waals surface area contributed by atoms with Crippen LogP contribution < -0.4 is 4.74 Å². The summed E-state index contributed by atoms with van der Waals surface area (Å²) in [6.07, 6.45) is 2.79. The number of hydrogen-bond acceptors (Lipinski definition) is 4. The van der Waals surface area contributed by atoms with E-state index in [0.717, 1.165) is 11.1 Å². The lowest BCUT2D eigenvalue weighted by molar-refractivity contribution is -0.145. The molecular formula is C18H23NO5. The molecule has 0 unspecified atom stereocenters. The van der Waals surface area contributed by atoms with Crippen LogP contribution in [0.2, 0.25) is 0 Å². The van der Waals surface area contributed by atoms with Gasteiger partial charge in [0.05, 0.1) is 7.11 Å². The Morgan fingerprint density at radius 1 is 1.33 bits per heavy atom. The van der Waals surface area contributed by atoms with Crippen LogP contribution in [0.15, 0.2) is 30.3 Å². The van der Waals surface area contributed by atoms with Crippen molar-refractivity contribution >= 4 is 17.4 Å². The zero-order chi connectivity index (χ0) is 17.5. The van der Waals surface area contributed by atoms with Crippen LogP contribution in [0.25, 0.3) is 5.57 Å². The second-order valence-corrected chi connectivity index (χ2v) is 5.73. The third kappa shape index (κ3) is 4.58. The standard InChI is InChI=1S/C18H23NO5/c1-13(15-5-3-4-6-16(15)23-2)11-17(20)19(12-18(21)22)14-7-9-24-10-8-14/h3-6,11,14H,7-10,12H2,1-2H3,(H,21,22). The van der Waals surface area contributed by atoms with E-state index in [4.69, 9.17) is 14.6 Å². The second-order valence-electron chi connectivity index (χ2n) is 5.73. The lowest BCUT2D eigenvalue weighted by Gasteiger charge is -2.32. The number of carboxylic acid groups (broad SMARTS) is 1. The van der Waals surface area contributed by atoms with Gasteiger partial charge in [0.15, 0.2) is 0 Å². The van der Waals surface area contributed by atoms with Gasteiger partial charge in [-0.1, -0.05) is 18.2 Å². The number of hydrogen-bond donors (Lipinski definition) is 1. The number of aliphatic carboxylic acids is 1. The number of amides is 1. The number of carbonyl (C=O) groups is 2. The summed E-state index contributed by atoms with van der Waals surface area (Å²) >= 11 is 0. The number of para-hydroxylation sites is 1.